The molecule has 6 nitrogen and oxygen atoms in total. The highest BCUT2D eigenvalue weighted by molar-refractivity contribution is 6.39. The highest BCUT2D eigenvalue weighted by atomic mass is 16.5. The zero-order valence-corrected chi connectivity index (χ0v) is 29.0. The molecule has 8 rings (SSSR count). The number of fused-ring (bicyclic) bond motifs is 5. The van der Waals surface area contributed by atoms with E-state index in [1.807, 2.05) is 130 Å². The van der Waals surface area contributed by atoms with Crippen LogP contribution in [0.2, 0.25) is 0 Å². The molecule has 2 bridgehead atoms. The minimum absolute atomic E-state index is 0.183. The Morgan fingerprint density at radius 3 is 1.51 bits per heavy atom. The van der Waals surface area contributed by atoms with Crippen LogP contribution < -0.4 is 9.64 Å². The summed E-state index contributed by atoms with van der Waals surface area (Å²) in [7, 11) is 0. The molecule has 4 atom stereocenters. The number of aryl methyl sites for hydroxylation is 2. The normalized spacial score (nSPS) is 23.6. The molecule has 2 fully saturated rings. The minimum atomic E-state index is -1.53. The molecule has 2 aliphatic carbocycles. The first-order valence-corrected chi connectivity index (χ1v) is 17.4. The summed E-state index contributed by atoms with van der Waals surface area (Å²) in [5, 5.41) is 0. The van der Waals surface area contributed by atoms with E-state index in [2.05, 4.69) is 0 Å². The molecule has 5 aromatic rings. The smallest absolute Gasteiger partial charge is 0.239 e. The largest absolute Gasteiger partial charge is 0.492 e. The van der Waals surface area contributed by atoms with Gasteiger partial charge in [0, 0.05) is 5.56 Å². The number of benzene rings is 5. The Morgan fingerprint density at radius 2 is 1.10 bits per heavy atom. The lowest BCUT2D eigenvalue weighted by atomic mass is 9.59. The highest BCUT2D eigenvalue weighted by Crippen LogP contribution is 2.74. The summed E-state index contributed by atoms with van der Waals surface area (Å²) < 4.78 is 5.98. The van der Waals surface area contributed by atoms with Gasteiger partial charge in [0.15, 0.2) is 11.6 Å². The molecule has 6 heteroatoms. The van der Waals surface area contributed by atoms with Crippen LogP contribution in [0, 0.1) is 25.7 Å². The summed E-state index contributed by atoms with van der Waals surface area (Å²) in [6.45, 7) is 7.58. The quantitative estimate of drug-likeness (QED) is 0.123. The van der Waals surface area contributed by atoms with Gasteiger partial charge in [0.05, 0.1) is 35.0 Å². The van der Waals surface area contributed by atoms with Gasteiger partial charge in [-0.2, -0.15) is 0 Å². The zero-order chi connectivity index (χ0) is 35.7. The molecule has 0 spiro atoms. The van der Waals surface area contributed by atoms with E-state index in [-0.39, 0.29) is 23.9 Å². The summed E-state index contributed by atoms with van der Waals surface area (Å²) in [6, 6.07) is 39.9. The number of hydrogen-bond acceptors (Lipinski definition) is 5. The molecule has 252 valence electrons. The third kappa shape index (κ3) is 4.35. The second-order valence-electron chi connectivity index (χ2n) is 13.8. The molecule has 0 N–H and O–H groups in total. The molecule has 1 heterocycles. The van der Waals surface area contributed by atoms with Gasteiger partial charge in [-0.05, 0) is 79.3 Å². The van der Waals surface area contributed by atoms with Crippen LogP contribution in [0.1, 0.15) is 57.6 Å². The molecular weight excluding hydrogens is 634 g/mol. The van der Waals surface area contributed by atoms with Crippen molar-refractivity contribution in [2.24, 2.45) is 11.8 Å². The van der Waals surface area contributed by atoms with Crippen molar-refractivity contribution >= 4 is 40.2 Å². The monoisotopic (exact) mass is 671 g/mol. The number of anilines is 1. The Labute approximate surface area is 297 Å². The number of allylic oxidation sites excluding steroid dienone is 2. The summed E-state index contributed by atoms with van der Waals surface area (Å²) in [5.41, 5.74) is 4.04. The summed E-state index contributed by atoms with van der Waals surface area (Å²) in [5.74, 6) is -3.22. The number of rotatable bonds is 8. The summed E-state index contributed by atoms with van der Waals surface area (Å²) >= 11 is 0. The lowest BCUT2D eigenvalue weighted by Crippen LogP contribution is -2.45. The minimum Gasteiger partial charge on any atom is -0.492 e. The number of ether oxygens (including phenoxy) is 1. The van der Waals surface area contributed by atoms with E-state index < -0.39 is 34.5 Å². The van der Waals surface area contributed by atoms with E-state index in [1.165, 1.54) is 11.8 Å². The van der Waals surface area contributed by atoms with Crippen molar-refractivity contribution in [1.29, 1.82) is 0 Å². The number of amides is 2. The average molecular weight is 672 g/mol. The third-order valence-electron chi connectivity index (χ3n) is 11.0. The molecule has 1 saturated carbocycles. The van der Waals surface area contributed by atoms with Crippen LogP contribution in [0.15, 0.2) is 127 Å². The maximum Gasteiger partial charge on any atom is 0.239 e. The van der Waals surface area contributed by atoms with Crippen molar-refractivity contribution in [1.82, 2.24) is 0 Å². The van der Waals surface area contributed by atoms with Crippen LogP contribution in [0.3, 0.4) is 0 Å². The van der Waals surface area contributed by atoms with Gasteiger partial charge in [0.25, 0.3) is 0 Å². The number of ketones is 2. The number of Topliss-reactive ketones (excluding diaryl/α,β-unsaturated/α-hetero) is 2. The highest BCUT2D eigenvalue weighted by Gasteiger charge is 2.82. The number of hydrogen-bond donors (Lipinski definition) is 0. The van der Waals surface area contributed by atoms with Gasteiger partial charge >= 0.3 is 0 Å². The van der Waals surface area contributed by atoms with Crippen LogP contribution in [0.5, 0.6) is 5.75 Å². The second-order valence-corrected chi connectivity index (χ2v) is 13.8. The van der Waals surface area contributed by atoms with Crippen molar-refractivity contribution in [3.63, 3.8) is 0 Å². The fourth-order valence-corrected chi connectivity index (χ4v) is 8.99. The van der Waals surface area contributed by atoms with Crippen LogP contribution >= 0.6 is 0 Å². The predicted molar refractivity (Wildman–Crippen MR) is 198 cm³/mol. The predicted octanol–water partition coefficient (Wildman–Crippen LogP) is 8.09. The van der Waals surface area contributed by atoms with E-state index in [0.29, 0.717) is 22.4 Å². The molecule has 2 amide bonds. The first kappa shape index (κ1) is 32.3. The first-order chi connectivity index (χ1) is 24.7. The zero-order valence-electron chi connectivity index (χ0n) is 29.0. The molecule has 1 aliphatic heterocycles. The molecule has 3 aliphatic rings. The molecule has 0 aromatic heterocycles. The van der Waals surface area contributed by atoms with Gasteiger partial charge in [0.2, 0.25) is 11.8 Å². The molecule has 51 heavy (non-hydrogen) atoms. The van der Waals surface area contributed by atoms with Gasteiger partial charge in [-0.15, -0.1) is 0 Å². The summed E-state index contributed by atoms with van der Waals surface area (Å²) in [4.78, 5) is 60.8. The molecular formula is C45H37NO5. The maximum absolute atomic E-state index is 16.1. The standard InChI is InChI=1S/C45H37NO5/c1-5-51-36-25-24-32(29(4)47)26-35(36)46-41(48)39-40(42(46)49)45(34-14-10-7-11-15-34)38(31-22-18-28(3)19-23-31)37(30-20-16-27(2)17-21-30)44(39,43(45)50)33-12-8-6-9-13-33/h6-26,39-40H,5H2,1-4H3/t39-,40-,44+,45+/m1/s1. The number of nitrogens with zero attached hydrogens (tertiary/aromatic N) is 1. The fraction of sp³-hybridized carbons (Fsp3) is 0.200. The number of imide groups is 1. The van der Waals surface area contributed by atoms with Gasteiger partial charge in [-0.1, -0.05) is 120 Å². The fourth-order valence-electron chi connectivity index (χ4n) is 8.99. The molecule has 0 unspecified atom stereocenters. The van der Waals surface area contributed by atoms with Crippen molar-refractivity contribution in [2.75, 3.05) is 11.5 Å². The SMILES string of the molecule is CCOc1ccc(C(C)=O)cc1N1C(=O)[C@H]2[C@H](C1=O)[C@@]1(c3ccccc3)C(=O)[C@@]2(c2ccccc2)C(c2ccc(C)cc2)=C1c1ccc(C)cc1. The van der Waals surface area contributed by atoms with E-state index in [4.69, 9.17) is 4.74 Å². The van der Waals surface area contributed by atoms with E-state index in [9.17, 15) is 4.79 Å². The Kier molecular flexibility index (Phi) is 7.53. The van der Waals surface area contributed by atoms with E-state index >= 15 is 14.4 Å². The Bertz CT molecular complexity index is 2150. The lowest BCUT2D eigenvalue weighted by molar-refractivity contribution is -0.130. The van der Waals surface area contributed by atoms with Gasteiger partial charge in [0.1, 0.15) is 5.75 Å². The molecule has 1 saturated heterocycles. The maximum atomic E-state index is 16.1. The van der Waals surface area contributed by atoms with Crippen LogP contribution in [-0.4, -0.2) is 30.0 Å². The Balaban J connectivity index is 1.53. The first-order valence-electron chi connectivity index (χ1n) is 17.4. The van der Waals surface area contributed by atoms with Crippen LogP contribution in [-0.2, 0) is 25.2 Å². The topological polar surface area (TPSA) is 80.8 Å². The second kappa shape index (κ2) is 11.9. The van der Waals surface area contributed by atoms with Crippen molar-refractivity contribution in [3.8, 4) is 5.75 Å². The Hall–Kier alpha value is -5.88. The number of carbonyl (C=O) groups excluding carboxylic acids is 4. The van der Waals surface area contributed by atoms with Gasteiger partial charge in [-0.3, -0.25) is 19.2 Å². The number of carbonyl (C=O) groups is 4. The van der Waals surface area contributed by atoms with E-state index in [1.54, 1.807) is 18.2 Å². The molecule has 0 radical (unpaired) electrons. The van der Waals surface area contributed by atoms with E-state index in [0.717, 1.165) is 33.4 Å². The third-order valence-corrected chi connectivity index (χ3v) is 11.0. The van der Waals surface area contributed by atoms with Crippen molar-refractivity contribution in [3.05, 3.63) is 166 Å². The van der Waals surface area contributed by atoms with Crippen LogP contribution in [0.25, 0.3) is 11.1 Å². The Morgan fingerprint density at radius 1 is 0.647 bits per heavy atom. The van der Waals surface area contributed by atoms with Gasteiger partial charge in [-0.25, -0.2) is 4.90 Å². The lowest BCUT2D eigenvalue weighted by Gasteiger charge is -2.39. The van der Waals surface area contributed by atoms with Crippen molar-refractivity contribution in [2.45, 2.75) is 38.5 Å². The van der Waals surface area contributed by atoms with Gasteiger partial charge < -0.3 is 4.74 Å². The van der Waals surface area contributed by atoms with Crippen LogP contribution in [0.4, 0.5) is 5.69 Å². The average Bonchev–Trinajstić information content (AvgIpc) is 3.65. The molecule has 5 aromatic carbocycles. The van der Waals surface area contributed by atoms with Crippen molar-refractivity contribution < 1.29 is 23.9 Å². The summed E-state index contributed by atoms with van der Waals surface area (Å²) in [6.07, 6.45) is 0.